The number of carbonyl (C=O) groups excluding carboxylic acids is 1. The predicted octanol–water partition coefficient (Wildman–Crippen LogP) is 4.60. The number of hydrogen-bond acceptors (Lipinski definition) is 1. The lowest BCUT2D eigenvalue weighted by Gasteiger charge is -2.13. The molecule has 0 heterocycles. The van der Waals surface area contributed by atoms with E-state index < -0.39 is 5.82 Å². The summed E-state index contributed by atoms with van der Waals surface area (Å²) >= 11 is 0. The second kappa shape index (κ2) is 5.20. The van der Waals surface area contributed by atoms with Crippen molar-refractivity contribution in [3.63, 3.8) is 0 Å². The van der Waals surface area contributed by atoms with E-state index in [1.54, 1.807) is 6.92 Å². The van der Waals surface area contributed by atoms with Gasteiger partial charge in [-0.3, -0.25) is 4.79 Å². The van der Waals surface area contributed by atoms with Crippen LogP contribution in [0, 0.1) is 40.4 Å². The molecule has 104 valence electrons. The van der Waals surface area contributed by atoms with Crippen LogP contribution in [0.1, 0.15) is 43.7 Å². The van der Waals surface area contributed by atoms with Gasteiger partial charge in [-0.1, -0.05) is 23.8 Å². The molecular formula is C18H19FO. The Kier molecular flexibility index (Phi) is 3.76. The summed E-state index contributed by atoms with van der Waals surface area (Å²) in [5.74, 6) is -0.665. The molecule has 0 atom stereocenters. The molecule has 0 saturated heterocycles. The normalized spacial score (nSPS) is 10.7. The van der Waals surface area contributed by atoms with E-state index in [1.807, 2.05) is 45.9 Å². The zero-order valence-corrected chi connectivity index (χ0v) is 12.6. The molecule has 0 amide bonds. The van der Waals surface area contributed by atoms with Crippen LogP contribution < -0.4 is 0 Å². The summed E-state index contributed by atoms with van der Waals surface area (Å²) in [7, 11) is 0. The first kappa shape index (κ1) is 14.4. The second-order valence-electron chi connectivity index (χ2n) is 5.54. The molecule has 20 heavy (non-hydrogen) atoms. The monoisotopic (exact) mass is 270 g/mol. The van der Waals surface area contributed by atoms with Crippen LogP contribution in [-0.4, -0.2) is 5.78 Å². The molecule has 0 fully saturated rings. The minimum Gasteiger partial charge on any atom is -0.288 e. The van der Waals surface area contributed by atoms with Crippen molar-refractivity contribution in [2.75, 3.05) is 0 Å². The lowest BCUT2D eigenvalue weighted by Crippen LogP contribution is -2.11. The predicted molar refractivity (Wildman–Crippen MR) is 80.0 cm³/mol. The van der Waals surface area contributed by atoms with Crippen molar-refractivity contribution >= 4 is 5.78 Å². The van der Waals surface area contributed by atoms with Gasteiger partial charge in [0.05, 0.1) is 5.56 Å². The highest BCUT2D eigenvalue weighted by Gasteiger charge is 2.20. The minimum atomic E-state index is -0.438. The van der Waals surface area contributed by atoms with Crippen molar-refractivity contribution in [3.8, 4) is 0 Å². The van der Waals surface area contributed by atoms with Gasteiger partial charge >= 0.3 is 0 Å². The number of halogens is 1. The number of carbonyl (C=O) groups is 1. The van der Waals surface area contributed by atoms with Crippen molar-refractivity contribution in [1.82, 2.24) is 0 Å². The van der Waals surface area contributed by atoms with Crippen molar-refractivity contribution in [3.05, 3.63) is 69.0 Å². The molecule has 2 heteroatoms. The van der Waals surface area contributed by atoms with Gasteiger partial charge in [0.2, 0.25) is 0 Å². The average molecular weight is 270 g/mol. The maximum Gasteiger partial charge on any atom is 0.196 e. The van der Waals surface area contributed by atoms with Crippen molar-refractivity contribution in [1.29, 1.82) is 0 Å². The summed E-state index contributed by atoms with van der Waals surface area (Å²) < 4.78 is 14.2. The van der Waals surface area contributed by atoms with E-state index in [0.717, 1.165) is 22.3 Å². The van der Waals surface area contributed by atoms with E-state index in [9.17, 15) is 9.18 Å². The maximum absolute atomic E-state index is 14.2. The molecule has 0 spiro atoms. The third kappa shape index (κ3) is 2.51. The summed E-state index contributed by atoms with van der Waals surface area (Å²) in [5.41, 5.74) is 5.21. The van der Waals surface area contributed by atoms with Crippen LogP contribution in [0.5, 0.6) is 0 Å². The molecule has 2 aromatic carbocycles. The molecule has 0 radical (unpaired) electrons. The molecular weight excluding hydrogens is 251 g/mol. The Bertz CT molecular complexity index is 593. The summed E-state index contributed by atoms with van der Waals surface area (Å²) in [4.78, 5) is 12.7. The van der Waals surface area contributed by atoms with Crippen molar-refractivity contribution < 1.29 is 9.18 Å². The van der Waals surface area contributed by atoms with Crippen LogP contribution in [0.3, 0.4) is 0 Å². The summed E-state index contributed by atoms with van der Waals surface area (Å²) in [5, 5.41) is 0. The van der Waals surface area contributed by atoms with Gasteiger partial charge in [0.1, 0.15) is 5.82 Å². The summed E-state index contributed by atoms with van der Waals surface area (Å²) in [6.07, 6.45) is 0. The number of hydrogen-bond donors (Lipinski definition) is 0. The van der Waals surface area contributed by atoms with Crippen LogP contribution >= 0.6 is 0 Å². The van der Waals surface area contributed by atoms with Gasteiger partial charge in [-0.25, -0.2) is 4.39 Å². The third-order valence-corrected chi connectivity index (χ3v) is 3.56. The van der Waals surface area contributed by atoms with Crippen LogP contribution in [0.2, 0.25) is 0 Å². The molecule has 0 aliphatic carbocycles. The molecule has 2 aromatic rings. The lowest BCUT2D eigenvalue weighted by atomic mass is 9.90. The Balaban J connectivity index is 2.64. The molecule has 0 saturated carbocycles. The fraction of sp³-hybridized carbons (Fsp3) is 0.278. The molecule has 0 aliphatic rings. The van der Waals surface area contributed by atoms with Crippen LogP contribution in [0.4, 0.5) is 4.39 Å². The lowest BCUT2D eigenvalue weighted by molar-refractivity contribution is 0.103. The van der Waals surface area contributed by atoms with E-state index >= 15 is 0 Å². The van der Waals surface area contributed by atoms with E-state index in [2.05, 4.69) is 0 Å². The Morgan fingerprint density at radius 3 is 1.60 bits per heavy atom. The molecule has 0 bridgehead atoms. The largest absolute Gasteiger partial charge is 0.288 e. The minimum absolute atomic E-state index is 0.186. The van der Waals surface area contributed by atoms with Gasteiger partial charge in [0, 0.05) is 5.56 Å². The molecule has 0 N–H and O–H groups in total. The zero-order chi connectivity index (χ0) is 15.0. The standard InChI is InChI=1S/C18H19FO/c1-10-6-12(3)16(13(4)7-10)18(20)17-14(5)8-11(2)9-15(17)19/h6-9H,1-5H3. The first-order valence-electron chi connectivity index (χ1n) is 6.70. The van der Waals surface area contributed by atoms with E-state index in [0.29, 0.717) is 11.1 Å². The van der Waals surface area contributed by atoms with Gasteiger partial charge in [-0.15, -0.1) is 0 Å². The fourth-order valence-corrected chi connectivity index (χ4v) is 2.87. The maximum atomic E-state index is 14.2. The molecule has 0 aliphatic heterocycles. The van der Waals surface area contributed by atoms with Gasteiger partial charge in [-0.05, 0) is 62.9 Å². The first-order valence-corrected chi connectivity index (χ1v) is 6.70. The highest BCUT2D eigenvalue weighted by Crippen LogP contribution is 2.24. The smallest absolute Gasteiger partial charge is 0.196 e. The van der Waals surface area contributed by atoms with Crippen LogP contribution in [0.25, 0.3) is 0 Å². The molecule has 0 unspecified atom stereocenters. The Hall–Kier alpha value is -1.96. The van der Waals surface area contributed by atoms with Gasteiger partial charge in [-0.2, -0.15) is 0 Å². The van der Waals surface area contributed by atoms with Crippen LogP contribution in [0.15, 0.2) is 24.3 Å². The van der Waals surface area contributed by atoms with E-state index in [4.69, 9.17) is 0 Å². The SMILES string of the molecule is Cc1cc(C)c(C(=O)c2c(C)cc(C)cc2F)c(C)c1. The van der Waals surface area contributed by atoms with E-state index in [1.165, 1.54) is 6.07 Å². The van der Waals surface area contributed by atoms with Gasteiger partial charge in [0.15, 0.2) is 5.78 Å². The number of benzene rings is 2. The topological polar surface area (TPSA) is 17.1 Å². The summed E-state index contributed by atoms with van der Waals surface area (Å²) in [6, 6.07) is 7.18. The van der Waals surface area contributed by atoms with Crippen molar-refractivity contribution in [2.45, 2.75) is 34.6 Å². The van der Waals surface area contributed by atoms with Crippen LogP contribution in [-0.2, 0) is 0 Å². The van der Waals surface area contributed by atoms with Crippen molar-refractivity contribution in [2.24, 2.45) is 0 Å². The Morgan fingerprint density at radius 2 is 1.15 bits per heavy atom. The second-order valence-corrected chi connectivity index (χ2v) is 5.54. The molecule has 2 rings (SSSR count). The number of aryl methyl sites for hydroxylation is 5. The van der Waals surface area contributed by atoms with Gasteiger partial charge in [0.25, 0.3) is 0 Å². The summed E-state index contributed by atoms with van der Waals surface area (Å²) in [6.45, 7) is 9.39. The first-order chi connectivity index (χ1) is 9.31. The van der Waals surface area contributed by atoms with E-state index in [-0.39, 0.29) is 11.3 Å². The highest BCUT2D eigenvalue weighted by molar-refractivity contribution is 6.11. The number of rotatable bonds is 2. The third-order valence-electron chi connectivity index (χ3n) is 3.56. The average Bonchev–Trinajstić information content (AvgIpc) is 2.25. The van der Waals surface area contributed by atoms with Gasteiger partial charge < -0.3 is 0 Å². The Morgan fingerprint density at radius 1 is 0.750 bits per heavy atom. The number of ketones is 1. The Labute approximate surface area is 119 Å². The fourth-order valence-electron chi connectivity index (χ4n) is 2.87. The quantitative estimate of drug-likeness (QED) is 0.729. The highest BCUT2D eigenvalue weighted by atomic mass is 19.1. The molecule has 1 nitrogen and oxygen atoms in total. The molecule has 0 aromatic heterocycles. The zero-order valence-electron chi connectivity index (χ0n) is 12.6.